The van der Waals surface area contributed by atoms with Crippen molar-refractivity contribution in [2.45, 2.75) is 0 Å². The average molecular weight is 403 g/mol. The van der Waals surface area contributed by atoms with Gasteiger partial charge in [0.25, 0.3) is 0 Å². The molecule has 2 rings (SSSR count). The number of amides is 1. The molecule has 2 aromatic carbocycles. The van der Waals surface area contributed by atoms with Crippen LogP contribution in [0.4, 0.5) is 11.4 Å². The summed E-state index contributed by atoms with van der Waals surface area (Å²) in [7, 11) is -2.22. The molecule has 25 heavy (non-hydrogen) atoms. The zero-order valence-corrected chi connectivity index (χ0v) is 15.8. The minimum atomic E-state index is -3.69. The zero-order valence-electron chi connectivity index (χ0n) is 13.5. The molecule has 0 atom stereocenters. The molecule has 0 bridgehead atoms. The minimum Gasteiger partial charge on any atom is -0.497 e. The Morgan fingerprint density at radius 2 is 1.92 bits per heavy atom. The number of nitrogens with zero attached hydrogens (tertiary/aromatic N) is 1. The Hall–Kier alpha value is -1.96. The maximum Gasteiger partial charge on any atom is 0.245 e. The molecule has 0 unspecified atom stereocenters. The van der Waals surface area contributed by atoms with Gasteiger partial charge in [-0.15, -0.1) is 0 Å². The van der Waals surface area contributed by atoms with E-state index in [1.807, 2.05) is 0 Å². The van der Waals surface area contributed by atoms with Gasteiger partial charge >= 0.3 is 0 Å². The van der Waals surface area contributed by atoms with E-state index in [2.05, 4.69) is 5.32 Å². The molecular formula is C16H16Cl2N2O4S. The van der Waals surface area contributed by atoms with Crippen molar-refractivity contribution in [3.05, 3.63) is 52.5 Å². The number of rotatable bonds is 6. The summed E-state index contributed by atoms with van der Waals surface area (Å²) >= 11 is 11.9. The lowest BCUT2D eigenvalue weighted by molar-refractivity contribution is -0.114. The van der Waals surface area contributed by atoms with E-state index in [0.717, 1.165) is 10.6 Å². The molecule has 9 heteroatoms. The van der Waals surface area contributed by atoms with Crippen molar-refractivity contribution in [1.82, 2.24) is 0 Å². The van der Waals surface area contributed by atoms with Gasteiger partial charge < -0.3 is 10.1 Å². The number of carbonyl (C=O) groups excluding carboxylic acids is 1. The van der Waals surface area contributed by atoms with Gasteiger partial charge in [0, 0.05) is 11.1 Å². The maximum absolute atomic E-state index is 12.3. The number of sulfonamides is 1. The average Bonchev–Trinajstić information content (AvgIpc) is 2.55. The molecule has 0 aromatic heterocycles. The molecule has 0 aliphatic heterocycles. The van der Waals surface area contributed by atoms with Crippen molar-refractivity contribution < 1.29 is 17.9 Å². The lowest BCUT2D eigenvalue weighted by Crippen LogP contribution is -2.37. The Balaban J connectivity index is 2.25. The summed E-state index contributed by atoms with van der Waals surface area (Å²) in [5.74, 6) is -0.0816. The van der Waals surface area contributed by atoms with Gasteiger partial charge in [0.15, 0.2) is 0 Å². The molecule has 2 aromatic rings. The van der Waals surface area contributed by atoms with Crippen LogP contribution in [0.3, 0.4) is 0 Å². The summed E-state index contributed by atoms with van der Waals surface area (Å²) in [6.07, 6.45) is 1.02. The van der Waals surface area contributed by atoms with Crippen molar-refractivity contribution in [3.63, 3.8) is 0 Å². The van der Waals surface area contributed by atoms with Gasteiger partial charge in [0.05, 0.1) is 29.8 Å². The van der Waals surface area contributed by atoms with Crippen molar-refractivity contribution >= 4 is 50.5 Å². The van der Waals surface area contributed by atoms with Crippen LogP contribution in [0.5, 0.6) is 5.75 Å². The van der Waals surface area contributed by atoms with Gasteiger partial charge in [0.2, 0.25) is 15.9 Å². The fourth-order valence-corrected chi connectivity index (χ4v) is 3.26. The first-order valence-electron chi connectivity index (χ1n) is 7.07. The fraction of sp³-hybridized carbons (Fsp3) is 0.188. The Morgan fingerprint density at radius 3 is 2.56 bits per heavy atom. The Bertz CT molecular complexity index is 887. The Kier molecular flexibility index (Phi) is 6.16. The number of hydrogen-bond donors (Lipinski definition) is 1. The summed E-state index contributed by atoms with van der Waals surface area (Å²) in [4.78, 5) is 12.3. The first-order valence-corrected chi connectivity index (χ1v) is 9.68. The monoisotopic (exact) mass is 402 g/mol. The van der Waals surface area contributed by atoms with E-state index in [1.165, 1.54) is 25.3 Å². The zero-order chi connectivity index (χ0) is 18.6. The highest BCUT2D eigenvalue weighted by Gasteiger charge is 2.21. The smallest absolute Gasteiger partial charge is 0.245 e. The topological polar surface area (TPSA) is 75.7 Å². The quantitative estimate of drug-likeness (QED) is 0.802. The van der Waals surface area contributed by atoms with Crippen molar-refractivity contribution in [1.29, 1.82) is 0 Å². The first-order chi connectivity index (χ1) is 11.7. The maximum atomic E-state index is 12.3. The number of carbonyl (C=O) groups is 1. The third-order valence-electron chi connectivity index (χ3n) is 3.23. The second kappa shape index (κ2) is 7.95. The molecule has 0 radical (unpaired) electrons. The van der Waals surface area contributed by atoms with E-state index in [1.54, 1.807) is 24.3 Å². The van der Waals surface area contributed by atoms with E-state index < -0.39 is 22.5 Å². The van der Waals surface area contributed by atoms with Crippen LogP contribution in [0, 0.1) is 0 Å². The number of ether oxygens (including phenoxy) is 1. The number of halogens is 2. The summed E-state index contributed by atoms with van der Waals surface area (Å²) < 4.78 is 30.3. The van der Waals surface area contributed by atoms with Crippen LogP contribution in [0.15, 0.2) is 42.5 Å². The first kappa shape index (κ1) is 19.4. The molecule has 1 amide bonds. The van der Waals surface area contributed by atoms with Gasteiger partial charge in [-0.1, -0.05) is 29.3 Å². The van der Waals surface area contributed by atoms with Gasteiger partial charge in [-0.25, -0.2) is 8.42 Å². The largest absolute Gasteiger partial charge is 0.497 e. The minimum absolute atomic E-state index is 0.296. The molecule has 0 saturated carbocycles. The van der Waals surface area contributed by atoms with Gasteiger partial charge in [-0.05, 0) is 30.3 Å². The third kappa shape index (κ3) is 5.26. The van der Waals surface area contributed by atoms with E-state index in [0.29, 0.717) is 27.2 Å². The highest BCUT2D eigenvalue weighted by atomic mass is 35.5. The molecule has 134 valence electrons. The second-order valence-electron chi connectivity index (χ2n) is 5.14. The standard InChI is InChI=1S/C16H16Cl2N2O4S/c1-24-13-5-3-4-12(9-13)20(25(2,22)23)10-16(21)19-15-8-11(17)6-7-14(15)18/h3-9H,10H2,1-2H3,(H,19,21). The van der Waals surface area contributed by atoms with Gasteiger partial charge in [-0.3, -0.25) is 9.10 Å². The fourth-order valence-electron chi connectivity index (χ4n) is 2.08. The molecule has 6 nitrogen and oxygen atoms in total. The number of benzene rings is 2. The van der Waals surface area contributed by atoms with Crippen LogP contribution in [-0.4, -0.2) is 34.2 Å². The summed E-state index contributed by atoms with van der Waals surface area (Å²) in [5.41, 5.74) is 0.618. The van der Waals surface area contributed by atoms with E-state index in [4.69, 9.17) is 27.9 Å². The van der Waals surface area contributed by atoms with Crippen molar-refractivity contribution in [2.75, 3.05) is 29.5 Å². The summed E-state index contributed by atoms with van der Waals surface area (Å²) in [6, 6.07) is 11.0. The van der Waals surface area contributed by atoms with Crippen LogP contribution >= 0.6 is 23.2 Å². The molecule has 0 fully saturated rings. The van der Waals surface area contributed by atoms with Crippen LogP contribution in [0.1, 0.15) is 0 Å². The lowest BCUT2D eigenvalue weighted by Gasteiger charge is -2.22. The Labute approximate surface area is 156 Å². The summed E-state index contributed by atoms with van der Waals surface area (Å²) in [5, 5.41) is 3.25. The highest BCUT2D eigenvalue weighted by Crippen LogP contribution is 2.26. The number of methoxy groups -OCH3 is 1. The normalized spacial score (nSPS) is 11.0. The number of anilines is 2. The number of nitrogens with one attached hydrogen (secondary N) is 1. The van der Waals surface area contributed by atoms with Crippen LogP contribution in [0.2, 0.25) is 10.0 Å². The van der Waals surface area contributed by atoms with Gasteiger partial charge in [-0.2, -0.15) is 0 Å². The molecule has 1 N–H and O–H groups in total. The second-order valence-corrected chi connectivity index (χ2v) is 7.89. The van der Waals surface area contributed by atoms with Crippen LogP contribution in [0.25, 0.3) is 0 Å². The Morgan fingerprint density at radius 1 is 1.20 bits per heavy atom. The predicted octanol–water partition coefficient (Wildman–Crippen LogP) is 3.41. The van der Waals surface area contributed by atoms with Crippen LogP contribution < -0.4 is 14.4 Å². The third-order valence-corrected chi connectivity index (χ3v) is 4.94. The molecule has 0 spiro atoms. The van der Waals surface area contributed by atoms with Crippen molar-refractivity contribution in [2.24, 2.45) is 0 Å². The molecule has 0 aliphatic carbocycles. The molecular weight excluding hydrogens is 387 g/mol. The molecule has 0 saturated heterocycles. The number of hydrogen-bond acceptors (Lipinski definition) is 4. The highest BCUT2D eigenvalue weighted by molar-refractivity contribution is 7.92. The predicted molar refractivity (Wildman–Crippen MR) is 100 cm³/mol. The van der Waals surface area contributed by atoms with Gasteiger partial charge in [0.1, 0.15) is 12.3 Å². The SMILES string of the molecule is COc1cccc(N(CC(=O)Nc2cc(Cl)ccc2Cl)S(C)(=O)=O)c1. The van der Waals surface area contributed by atoms with Crippen molar-refractivity contribution in [3.8, 4) is 5.75 Å². The summed E-state index contributed by atoms with van der Waals surface area (Å²) in [6.45, 7) is -0.422. The van der Waals surface area contributed by atoms with E-state index in [9.17, 15) is 13.2 Å². The van der Waals surface area contributed by atoms with Crippen LogP contribution in [-0.2, 0) is 14.8 Å². The molecule has 0 aliphatic rings. The molecule has 0 heterocycles. The van der Waals surface area contributed by atoms with E-state index >= 15 is 0 Å². The van der Waals surface area contributed by atoms with E-state index in [-0.39, 0.29) is 0 Å². The lowest BCUT2D eigenvalue weighted by atomic mass is 10.3.